The van der Waals surface area contributed by atoms with Gasteiger partial charge in [-0.05, 0) is 94.4 Å². The van der Waals surface area contributed by atoms with E-state index in [9.17, 15) is 4.79 Å². The van der Waals surface area contributed by atoms with E-state index in [1.54, 1.807) is 19.0 Å². The number of methoxy groups -OCH3 is 1. The maximum atomic E-state index is 12.1. The Morgan fingerprint density at radius 3 is 2.31 bits per heavy atom. The van der Waals surface area contributed by atoms with Gasteiger partial charge in [0.1, 0.15) is 5.75 Å². The van der Waals surface area contributed by atoms with Crippen molar-refractivity contribution >= 4 is 11.6 Å². The van der Waals surface area contributed by atoms with E-state index in [1.165, 1.54) is 11.5 Å². The number of hydrogen-bond donors (Lipinski definition) is 0. The van der Waals surface area contributed by atoms with Crippen LogP contribution in [0.2, 0.25) is 0 Å². The van der Waals surface area contributed by atoms with Crippen LogP contribution in [0.15, 0.2) is 23.3 Å². The minimum absolute atomic E-state index is 0. The van der Waals surface area contributed by atoms with Crippen molar-refractivity contribution in [1.82, 2.24) is 5.01 Å². The molecule has 0 bridgehead atoms. The van der Waals surface area contributed by atoms with Crippen LogP contribution >= 0.6 is 0 Å². The molecule has 2 atom stereocenters. The van der Waals surface area contributed by atoms with Crippen molar-refractivity contribution in [3.05, 3.63) is 93.0 Å². The van der Waals surface area contributed by atoms with Gasteiger partial charge in [0.25, 0.3) is 0 Å². The van der Waals surface area contributed by atoms with Crippen LogP contribution < -0.4 is 4.74 Å². The van der Waals surface area contributed by atoms with Gasteiger partial charge in [-0.15, -0.1) is 0 Å². The SMILES string of the molecule is COc1ccc2c(c1)CC[C@@H]1C2=NN(C(C)=O)[C@@H]1[C]1[CH][CH][CH][CH]1.[CH]1[CH][CH][CH][CH]1.[Fe+2]. The van der Waals surface area contributed by atoms with E-state index in [0.717, 1.165) is 29.9 Å². The molecule has 10 radical (unpaired) electrons. The molecule has 5 rings (SSSR count). The van der Waals surface area contributed by atoms with Crippen molar-refractivity contribution in [3.8, 4) is 5.75 Å². The van der Waals surface area contributed by atoms with Gasteiger partial charge in [-0.3, -0.25) is 4.79 Å². The number of amides is 1. The predicted molar refractivity (Wildman–Crippen MR) is 110 cm³/mol. The molecule has 0 saturated heterocycles. The monoisotopic (exact) mass is 428 g/mol. The number of fused-ring (bicyclic) bond motifs is 3. The summed E-state index contributed by atoms with van der Waals surface area (Å²) in [5, 5.41) is 6.36. The number of hydrazone groups is 1. The van der Waals surface area contributed by atoms with Crippen molar-refractivity contribution in [3.63, 3.8) is 0 Å². The first kappa shape index (κ1) is 22.4. The molecule has 2 fully saturated rings. The standard InChI is InChI=1S/C19H19N2O2.C5H5.Fe/c1-12(22)21-19(13-5-3-4-6-13)17-9-7-14-11-15(23-2)8-10-16(14)18(17)20-21;1-2-4-5-3-1;/h3-6,8,10-11,17,19H,7,9H2,1-2H3;1-5H;/q;;+2/t17-,19-;;/m1../s1. The van der Waals surface area contributed by atoms with E-state index >= 15 is 0 Å². The molecule has 4 nitrogen and oxygen atoms in total. The molecule has 5 heteroatoms. The van der Waals surface area contributed by atoms with Crippen LogP contribution in [-0.4, -0.2) is 29.8 Å². The molecule has 2 saturated carbocycles. The third-order valence-corrected chi connectivity index (χ3v) is 5.43. The number of nitrogens with zero attached hydrogens (tertiary/aromatic N) is 2. The van der Waals surface area contributed by atoms with Crippen LogP contribution in [0.1, 0.15) is 24.5 Å². The van der Waals surface area contributed by atoms with Gasteiger partial charge in [0.2, 0.25) is 5.91 Å². The molecule has 0 aromatic heterocycles. The fourth-order valence-electron chi connectivity index (χ4n) is 4.13. The maximum absolute atomic E-state index is 12.1. The van der Waals surface area contributed by atoms with Gasteiger partial charge in [0, 0.05) is 24.3 Å². The molecule has 148 valence electrons. The smallest absolute Gasteiger partial charge is 0.497 e. The second kappa shape index (κ2) is 10.1. The summed E-state index contributed by atoms with van der Waals surface area (Å²) >= 11 is 0. The van der Waals surface area contributed by atoms with Gasteiger partial charge >= 0.3 is 17.1 Å². The Labute approximate surface area is 185 Å². The van der Waals surface area contributed by atoms with E-state index in [2.05, 4.69) is 25.0 Å². The van der Waals surface area contributed by atoms with Crippen molar-refractivity contribution in [2.75, 3.05) is 7.11 Å². The molecule has 4 aliphatic rings. The van der Waals surface area contributed by atoms with E-state index in [4.69, 9.17) is 9.84 Å². The predicted octanol–water partition coefficient (Wildman–Crippen LogP) is 3.62. The summed E-state index contributed by atoms with van der Waals surface area (Å²) in [4.78, 5) is 12.1. The van der Waals surface area contributed by atoms with Crippen LogP contribution in [0.25, 0.3) is 0 Å². The zero-order valence-electron chi connectivity index (χ0n) is 16.6. The fourth-order valence-corrected chi connectivity index (χ4v) is 4.13. The third kappa shape index (κ3) is 4.72. The van der Waals surface area contributed by atoms with Crippen LogP contribution in [0.5, 0.6) is 5.75 Å². The number of ether oxygens (including phenoxy) is 1. The van der Waals surface area contributed by atoms with Crippen LogP contribution in [0.3, 0.4) is 0 Å². The Balaban J connectivity index is 0.000000352. The van der Waals surface area contributed by atoms with E-state index in [-0.39, 0.29) is 34.9 Å². The van der Waals surface area contributed by atoms with E-state index in [1.807, 2.05) is 51.0 Å². The first-order valence-electron chi connectivity index (χ1n) is 9.63. The molecule has 29 heavy (non-hydrogen) atoms. The number of aryl methyl sites for hydroxylation is 1. The van der Waals surface area contributed by atoms with Crippen LogP contribution in [0.4, 0.5) is 0 Å². The molecule has 0 N–H and O–H groups in total. The Kier molecular flexibility index (Phi) is 7.81. The first-order chi connectivity index (χ1) is 13.7. The normalized spacial score (nSPS) is 25.3. The quantitative estimate of drug-likeness (QED) is 0.676. The Hall–Kier alpha value is -1.32. The molecule has 3 aliphatic carbocycles. The van der Waals surface area contributed by atoms with Crippen molar-refractivity contribution in [2.24, 2.45) is 11.0 Å². The fraction of sp³-hybridized carbons (Fsp3) is 0.250. The van der Waals surface area contributed by atoms with Crippen LogP contribution in [0, 0.1) is 69.6 Å². The average Bonchev–Trinajstić information content (AvgIpc) is 3.48. The number of carbonyl (C=O) groups excluding carboxylic acids is 1. The minimum atomic E-state index is -0.00633. The van der Waals surface area contributed by atoms with Gasteiger partial charge in [-0.2, -0.15) is 5.10 Å². The summed E-state index contributed by atoms with van der Waals surface area (Å²) in [5.41, 5.74) is 3.45. The van der Waals surface area contributed by atoms with Crippen molar-refractivity contribution in [2.45, 2.75) is 25.8 Å². The second-order valence-electron chi connectivity index (χ2n) is 7.14. The molecule has 1 heterocycles. The molecular formula is C24H24FeN2O2+2. The summed E-state index contributed by atoms with van der Waals surface area (Å²) in [6.45, 7) is 1.59. The zero-order valence-corrected chi connectivity index (χ0v) is 17.7. The summed E-state index contributed by atoms with van der Waals surface area (Å²) in [7, 11) is 1.68. The Morgan fingerprint density at radius 2 is 1.72 bits per heavy atom. The van der Waals surface area contributed by atoms with Crippen molar-refractivity contribution < 1.29 is 26.6 Å². The van der Waals surface area contributed by atoms with Crippen LogP contribution in [-0.2, 0) is 28.3 Å². The topological polar surface area (TPSA) is 41.9 Å². The Bertz CT molecular complexity index is 731. The summed E-state index contributed by atoms with van der Waals surface area (Å²) in [6, 6.07) is 6.15. The number of benzene rings is 1. The summed E-state index contributed by atoms with van der Waals surface area (Å²) in [6.07, 6.45) is 20.2. The molecule has 0 unspecified atom stereocenters. The molecule has 1 amide bonds. The van der Waals surface area contributed by atoms with Gasteiger partial charge in [-0.25, -0.2) is 5.01 Å². The van der Waals surface area contributed by atoms with Gasteiger partial charge < -0.3 is 4.74 Å². The van der Waals surface area contributed by atoms with Gasteiger partial charge in [0.05, 0.1) is 18.9 Å². The van der Waals surface area contributed by atoms with E-state index in [0.29, 0.717) is 0 Å². The molecule has 0 spiro atoms. The zero-order chi connectivity index (χ0) is 19.5. The first-order valence-corrected chi connectivity index (χ1v) is 9.63. The van der Waals surface area contributed by atoms with Gasteiger partial charge in [-0.1, -0.05) is 0 Å². The maximum Gasteiger partial charge on any atom is 2.00 e. The van der Waals surface area contributed by atoms with E-state index < -0.39 is 0 Å². The molecular weight excluding hydrogens is 404 g/mol. The minimum Gasteiger partial charge on any atom is -0.497 e. The number of hydrogen-bond acceptors (Lipinski definition) is 3. The molecule has 1 aromatic rings. The van der Waals surface area contributed by atoms with Gasteiger partial charge in [0.15, 0.2) is 0 Å². The summed E-state index contributed by atoms with van der Waals surface area (Å²) < 4.78 is 5.33. The average molecular weight is 428 g/mol. The Morgan fingerprint density at radius 1 is 1.07 bits per heavy atom. The van der Waals surface area contributed by atoms with Crippen molar-refractivity contribution in [1.29, 1.82) is 0 Å². The molecule has 1 aliphatic heterocycles. The number of rotatable bonds is 2. The largest absolute Gasteiger partial charge is 2.00 e. The molecule has 1 aromatic carbocycles. The number of carbonyl (C=O) groups is 1. The third-order valence-electron chi connectivity index (χ3n) is 5.43. The summed E-state index contributed by atoms with van der Waals surface area (Å²) in [5.74, 6) is 2.30. The second-order valence-corrected chi connectivity index (χ2v) is 7.14.